The number of H-pyrrole nitrogens is 1. The standard InChI is InChI=1S/C15H19N3O3/c16-11(15(21)18-7-13(19)14(20)8-18)5-9-6-17-12-4-2-1-3-10(9)12/h1-4,6,11,13-14,17,19-20H,5,7-8,16H2/t11?,13-,14+. The van der Waals surface area contributed by atoms with E-state index in [4.69, 9.17) is 5.73 Å². The fourth-order valence-corrected chi connectivity index (χ4v) is 2.81. The Balaban J connectivity index is 1.71. The first-order valence-electron chi connectivity index (χ1n) is 7.01. The molecule has 0 aliphatic carbocycles. The van der Waals surface area contributed by atoms with Crippen LogP contribution >= 0.6 is 0 Å². The zero-order valence-electron chi connectivity index (χ0n) is 11.6. The highest BCUT2D eigenvalue weighted by atomic mass is 16.3. The molecule has 1 unspecified atom stereocenters. The molecule has 0 bridgehead atoms. The zero-order chi connectivity index (χ0) is 15.0. The number of hydrogen-bond donors (Lipinski definition) is 4. The molecule has 3 atom stereocenters. The minimum Gasteiger partial charge on any atom is -0.388 e. The number of benzene rings is 1. The summed E-state index contributed by atoms with van der Waals surface area (Å²) in [7, 11) is 0. The molecule has 1 aromatic heterocycles. The van der Waals surface area contributed by atoms with Gasteiger partial charge in [-0.15, -0.1) is 0 Å². The van der Waals surface area contributed by atoms with Gasteiger partial charge in [-0.25, -0.2) is 0 Å². The van der Waals surface area contributed by atoms with Crippen LogP contribution in [0.15, 0.2) is 30.5 Å². The minimum absolute atomic E-state index is 0.140. The SMILES string of the molecule is NC(Cc1c[nH]c2ccccc12)C(=O)N1C[C@@H](O)[C@@H](O)C1. The van der Waals surface area contributed by atoms with Gasteiger partial charge in [0.15, 0.2) is 0 Å². The highest BCUT2D eigenvalue weighted by molar-refractivity contribution is 5.86. The van der Waals surface area contributed by atoms with Crippen molar-refractivity contribution in [1.29, 1.82) is 0 Å². The number of amides is 1. The normalized spacial score (nSPS) is 23.7. The Labute approximate surface area is 122 Å². The second-order valence-electron chi connectivity index (χ2n) is 5.55. The van der Waals surface area contributed by atoms with Crippen molar-refractivity contribution in [2.45, 2.75) is 24.7 Å². The second-order valence-corrected chi connectivity index (χ2v) is 5.55. The van der Waals surface area contributed by atoms with Gasteiger partial charge in [0.25, 0.3) is 0 Å². The largest absolute Gasteiger partial charge is 0.388 e. The third-order valence-corrected chi connectivity index (χ3v) is 4.00. The number of rotatable bonds is 3. The molecule has 0 spiro atoms. The molecule has 2 aromatic rings. The summed E-state index contributed by atoms with van der Waals surface area (Å²) in [5, 5.41) is 20.1. The Kier molecular flexibility index (Phi) is 3.67. The molecule has 1 aliphatic heterocycles. The van der Waals surface area contributed by atoms with Crippen LogP contribution in [0.5, 0.6) is 0 Å². The number of nitrogens with zero attached hydrogens (tertiary/aromatic N) is 1. The molecule has 1 aromatic carbocycles. The molecule has 1 fully saturated rings. The molecule has 112 valence electrons. The van der Waals surface area contributed by atoms with E-state index < -0.39 is 18.2 Å². The van der Waals surface area contributed by atoms with Crippen molar-refractivity contribution < 1.29 is 15.0 Å². The topological polar surface area (TPSA) is 103 Å². The van der Waals surface area contributed by atoms with Crippen molar-refractivity contribution in [1.82, 2.24) is 9.88 Å². The minimum atomic E-state index is -0.880. The number of hydrogen-bond acceptors (Lipinski definition) is 4. The molecular weight excluding hydrogens is 270 g/mol. The number of para-hydroxylation sites is 1. The molecule has 5 N–H and O–H groups in total. The first-order valence-corrected chi connectivity index (χ1v) is 7.01. The fourth-order valence-electron chi connectivity index (χ4n) is 2.81. The van der Waals surface area contributed by atoms with E-state index in [2.05, 4.69) is 4.98 Å². The lowest BCUT2D eigenvalue weighted by atomic mass is 10.0. The summed E-state index contributed by atoms with van der Waals surface area (Å²) in [5.41, 5.74) is 8.01. The van der Waals surface area contributed by atoms with Crippen molar-refractivity contribution in [2.24, 2.45) is 5.73 Å². The maximum absolute atomic E-state index is 12.3. The van der Waals surface area contributed by atoms with E-state index in [0.29, 0.717) is 6.42 Å². The Hall–Kier alpha value is -1.89. The summed E-state index contributed by atoms with van der Waals surface area (Å²) < 4.78 is 0. The lowest BCUT2D eigenvalue weighted by molar-refractivity contribution is -0.132. The molecule has 0 radical (unpaired) electrons. The third-order valence-electron chi connectivity index (χ3n) is 4.00. The van der Waals surface area contributed by atoms with Gasteiger partial charge >= 0.3 is 0 Å². The van der Waals surface area contributed by atoms with Gasteiger partial charge in [0, 0.05) is 30.2 Å². The molecule has 1 aliphatic rings. The smallest absolute Gasteiger partial charge is 0.240 e. The van der Waals surface area contributed by atoms with Gasteiger partial charge in [-0.1, -0.05) is 18.2 Å². The lowest BCUT2D eigenvalue weighted by Crippen LogP contribution is -2.44. The highest BCUT2D eigenvalue weighted by Crippen LogP contribution is 2.20. The van der Waals surface area contributed by atoms with Crippen molar-refractivity contribution >= 4 is 16.8 Å². The number of likely N-dealkylation sites (tertiary alicyclic amines) is 1. The number of β-amino-alcohol motifs (C(OH)–C–C–N with tert-alkyl or cyclic N) is 2. The number of aliphatic hydroxyl groups is 2. The average molecular weight is 289 g/mol. The molecule has 21 heavy (non-hydrogen) atoms. The maximum atomic E-state index is 12.3. The van der Waals surface area contributed by atoms with Gasteiger partial charge in [0.05, 0.1) is 18.2 Å². The summed E-state index contributed by atoms with van der Waals surface area (Å²) in [6.07, 6.45) is 0.528. The van der Waals surface area contributed by atoms with Gasteiger partial charge in [0.2, 0.25) is 5.91 Å². The Bertz CT molecular complexity index is 644. The van der Waals surface area contributed by atoms with Crippen molar-refractivity contribution in [3.05, 3.63) is 36.0 Å². The van der Waals surface area contributed by atoms with E-state index in [1.165, 1.54) is 4.90 Å². The zero-order valence-corrected chi connectivity index (χ0v) is 11.6. The third kappa shape index (κ3) is 2.65. The summed E-state index contributed by atoms with van der Waals surface area (Å²) >= 11 is 0. The van der Waals surface area contributed by atoms with E-state index in [1.54, 1.807) is 0 Å². The summed E-state index contributed by atoms with van der Waals surface area (Å²) in [4.78, 5) is 16.8. The van der Waals surface area contributed by atoms with E-state index in [0.717, 1.165) is 16.5 Å². The van der Waals surface area contributed by atoms with E-state index in [9.17, 15) is 15.0 Å². The number of nitrogens with one attached hydrogen (secondary N) is 1. The van der Waals surface area contributed by atoms with Crippen molar-refractivity contribution in [3.8, 4) is 0 Å². The van der Waals surface area contributed by atoms with Crippen molar-refractivity contribution in [3.63, 3.8) is 0 Å². The van der Waals surface area contributed by atoms with Crippen LogP contribution in [0.1, 0.15) is 5.56 Å². The molecule has 2 heterocycles. The van der Waals surface area contributed by atoms with Crippen LogP contribution in [0.4, 0.5) is 0 Å². The quantitative estimate of drug-likeness (QED) is 0.617. The number of nitrogens with two attached hydrogens (primary N) is 1. The molecule has 1 saturated heterocycles. The van der Waals surface area contributed by atoms with Crippen LogP contribution in [0.3, 0.4) is 0 Å². The number of fused-ring (bicyclic) bond motifs is 1. The molecule has 6 nitrogen and oxygen atoms in total. The first-order chi connectivity index (χ1) is 10.1. The number of carbonyl (C=O) groups is 1. The van der Waals surface area contributed by atoms with Gasteiger partial charge in [-0.05, 0) is 18.1 Å². The van der Waals surface area contributed by atoms with Crippen molar-refractivity contribution in [2.75, 3.05) is 13.1 Å². The first kappa shape index (κ1) is 14.1. The number of aromatic amines is 1. The van der Waals surface area contributed by atoms with Crippen LogP contribution < -0.4 is 5.73 Å². The summed E-state index contributed by atoms with van der Waals surface area (Å²) in [5.74, 6) is -0.240. The maximum Gasteiger partial charge on any atom is 0.240 e. The molecule has 0 saturated carbocycles. The Morgan fingerprint density at radius 1 is 1.33 bits per heavy atom. The average Bonchev–Trinajstić information content (AvgIpc) is 3.03. The fraction of sp³-hybridized carbons (Fsp3) is 0.400. The lowest BCUT2D eigenvalue weighted by Gasteiger charge is -2.20. The number of aliphatic hydroxyl groups excluding tert-OH is 2. The summed E-state index contributed by atoms with van der Waals surface area (Å²) in [6, 6.07) is 7.17. The number of aromatic nitrogens is 1. The molecule has 3 rings (SSSR count). The van der Waals surface area contributed by atoms with Crippen LogP contribution in [0.25, 0.3) is 10.9 Å². The van der Waals surface area contributed by atoms with E-state index in [-0.39, 0.29) is 19.0 Å². The van der Waals surface area contributed by atoms with Gasteiger partial charge < -0.3 is 25.8 Å². The monoisotopic (exact) mass is 289 g/mol. The van der Waals surface area contributed by atoms with Gasteiger partial charge in [-0.3, -0.25) is 4.79 Å². The molecule has 1 amide bonds. The second kappa shape index (κ2) is 5.48. The Morgan fingerprint density at radius 3 is 2.71 bits per heavy atom. The van der Waals surface area contributed by atoms with E-state index >= 15 is 0 Å². The van der Waals surface area contributed by atoms with Gasteiger partial charge in [-0.2, -0.15) is 0 Å². The molecule has 6 heteroatoms. The predicted molar refractivity (Wildman–Crippen MR) is 78.6 cm³/mol. The highest BCUT2D eigenvalue weighted by Gasteiger charge is 2.34. The predicted octanol–water partition coefficient (Wildman–Crippen LogP) is -0.398. The van der Waals surface area contributed by atoms with Gasteiger partial charge in [0.1, 0.15) is 0 Å². The van der Waals surface area contributed by atoms with E-state index in [1.807, 2.05) is 30.5 Å². The van der Waals surface area contributed by atoms with Crippen LogP contribution in [0, 0.1) is 0 Å². The van der Waals surface area contributed by atoms with Crippen LogP contribution in [0.2, 0.25) is 0 Å². The number of carbonyl (C=O) groups excluding carboxylic acids is 1. The van der Waals surface area contributed by atoms with Crippen LogP contribution in [-0.2, 0) is 11.2 Å². The molecular formula is C15H19N3O3. The Morgan fingerprint density at radius 2 is 2.00 bits per heavy atom. The summed E-state index contributed by atoms with van der Waals surface area (Å²) in [6.45, 7) is 0.281. The van der Waals surface area contributed by atoms with Crippen LogP contribution in [-0.4, -0.2) is 57.3 Å².